The molecule has 104 valence electrons. The molecular formula is C15H22N2O2. The lowest BCUT2D eigenvalue weighted by molar-refractivity contribution is 0.0671. The van der Waals surface area contributed by atoms with Crippen molar-refractivity contribution in [3.8, 4) is 0 Å². The number of hydrogen-bond acceptors (Lipinski definition) is 2. The maximum atomic E-state index is 11.8. The average molecular weight is 262 g/mol. The molecule has 0 radical (unpaired) electrons. The van der Waals surface area contributed by atoms with E-state index in [1.807, 2.05) is 26.0 Å². The largest absolute Gasteiger partial charge is 0.381 e. The van der Waals surface area contributed by atoms with Crippen molar-refractivity contribution in [2.24, 2.45) is 5.92 Å². The standard InChI is InChI=1S/C15H22N2O2/c1-11-7-12(2)9-14(8-11)17-15(18)16-10-13-3-5-19-6-4-13/h7-9,13H,3-6,10H2,1-2H3,(H2,16,17,18). The fourth-order valence-electron chi connectivity index (χ4n) is 2.41. The van der Waals surface area contributed by atoms with Crippen LogP contribution in [0.2, 0.25) is 0 Å². The van der Waals surface area contributed by atoms with Crippen LogP contribution < -0.4 is 10.6 Å². The zero-order valence-electron chi connectivity index (χ0n) is 11.7. The zero-order valence-corrected chi connectivity index (χ0v) is 11.7. The summed E-state index contributed by atoms with van der Waals surface area (Å²) in [5.74, 6) is 0.541. The van der Waals surface area contributed by atoms with Crippen LogP contribution in [-0.4, -0.2) is 25.8 Å². The molecule has 2 N–H and O–H groups in total. The second kappa shape index (κ2) is 6.57. The third kappa shape index (κ3) is 4.56. The van der Waals surface area contributed by atoms with Crippen molar-refractivity contribution in [1.29, 1.82) is 0 Å². The summed E-state index contributed by atoms with van der Waals surface area (Å²) in [5.41, 5.74) is 3.15. The van der Waals surface area contributed by atoms with Gasteiger partial charge in [0.15, 0.2) is 0 Å². The molecular weight excluding hydrogens is 240 g/mol. The van der Waals surface area contributed by atoms with Gasteiger partial charge in [0.2, 0.25) is 0 Å². The van der Waals surface area contributed by atoms with Gasteiger partial charge in [0.1, 0.15) is 0 Å². The molecule has 0 spiro atoms. The Morgan fingerprint density at radius 1 is 1.21 bits per heavy atom. The Morgan fingerprint density at radius 2 is 1.84 bits per heavy atom. The Morgan fingerprint density at radius 3 is 2.47 bits per heavy atom. The monoisotopic (exact) mass is 262 g/mol. The Hall–Kier alpha value is -1.55. The molecule has 1 saturated heterocycles. The van der Waals surface area contributed by atoms with Crippen molar-refractivity contribution < 1.29 is 9.53 Å². The molecule has 1 aromatic rings. The molecule has 0 atom stereocenters. The minimum atomic E-state index is -0.128. The number of ether oxygens (including phenoxy) is 1. The highest BCUT2D eigenvalue weighted by Crippen LogP contribution is 2.15. The SMILES string of the molecule is Cc1cc(C)cc(NC(=O)NCC2CCOCC2)c1. The van der Waals surface area contributed by atoms with E-state index >= 15 is 0 Å². The summed E-state index contributed by atoms with van der Waals surface area (Å²) in [6, 6.07) is 5.91. The third-order valence-electron chi connectivity index (χ3n) is 3.37. The van der Waals surface area contributed by atoms with E-state index < -0.39 is 0 Å². The molecule has 4 heteroatoms. The summed E-state index contributed by atoms with van der Waals surface area (Å²) in [7, 11) is 0. The molecule has 1 aromatic carbocycles. The molecule has 0 aliphatic carbocycles. The quantitative estimate of drug-likeness (QED) is 0.880. The first-order chi connectivity index (χ1) is 9.13. The maximum Gasteiger partial charge on any atom is 0.319 e. The van der Waals surface area contributed by atoms with Crippen molar-refractivity contribution >= 4 is 11.7 Å². The van der Waals surface area contributed by atoms with Crippen LogP contribution in [-0.2, 0) is 4.74 Å². The number of rotatable bonds is 3. The maximum absolute atomic E-state index is 11.8. The van der Waals surface area contributed by atoms with Gasteiger partial charge in [-0.1, -0.05) is 6.07 Å². The van der Waals surface area contributed by atoms with Crippen LogP contribution in [0.1, 0.15) is 24.0 Å². The van der Waals surface area contributed by atoms with E-state index in [0.717, 1.165) is 49.4 Å². The molecule has 1 fully saturated rings. The highest BCUT2D eigenvalue weighted by atomic mass is 16.5. The van der Waals surface area contributed by atoms with Crippen LogP contribution >= 0.6 is 0 Å². The number of anilines is 1. The van der Waals surface area contributed by atoms with Crippen LogP contribution in [0.4, 0.5) is 10.5 Å². The topological polar surface area (TPSA) is 50.4 Å². The van der Waals surface area contributed by atoms with E-state index in [1.54, 1.807) is 0 Å². The van der Waals surface area contributed by atoms with Gasteiger partial charge in [-0.25, -0.2) is 4.79 Å². The first-order valence-electron chi connectivity index (χ1n) is 6.84. The van der Waals surface area contributed by atoms with Gasteiger partial charge < -0.3 is 15.4 Å². The third-order valence-corrected chi connectivity index (χ3v) is 3.37. The normalized spacial score (nSPS) is 16.1. The molecule has 1 heterocycles. The number of benzene rings is 1. The number of hydrogen-bond donors (Lipinski definition) is 2. The van der Waals surface area contributed by atoms with Crippen LogP contribution in [0.15, 0.2) is 18.2 Å². The molecule has 2 rings (SSSR count). The number of carbonyl (C=O) groups excluding carboxylic acids is 1. The van der Waals surface area contributed by atoms with Crippen molar-refractivity contribution in [3.63, 3.8) is 0 Å². The average Bonchev–Trinajstić information content (AvgIpc) is 2.36. The molecule has 0 unspecified atom stereocenters. The van der Waals surface area contributed by atoms with Crippen LogP contribution in [0.5, 0.6) is 0 Å². The predicted octanol–water partition coefficient (Wildman–Crippen LogP) is 2.85. The van der Waals surface area contributed by atoms with Gasteiger partial charge in [0.05, 0.1) is 0 Å². The van der Waals surface area contributed by atoms with E-state index in [4.69, 9.17) is 4.74 Å². The Kier molecular flexibility index (Phi) is 4.80. The fraction of sp³-hybridized carbons (Fsp3) is 0.533. The highest BCUT2D eigenvalue weighted by molar-refractivity contribution is 5.89. The number of carbonyl (C=O) groups is 1. The molecule has 1 aliphatic heterocycles. The van der Waals surface area contributed by atoms with E-state index in [9.17, 15) is 4.79 Å². The Labute approximate surface area is 114 Å². The van der Waals surface area contributed by atoms with Gasteiger partial charge in [-0.05, 0) is 55.9 Å². The molecule has 0 aromatic heterocycles. The lowest BCUT2D eigenvalue weighted by atomic mass is 10.0. The predicted molar refractivity (Wildman–Crippen MR) is 76.5 cm³/mol. The fourth-order valence-corrected chi connectivity index (χ4v) is 2.41. The molecule has 0 saturated carbocycles. The lowest BCUT2D eigenvalue weighted by Crippen LogP contribution is -2.35. The summed E-state index contributed by atoms with van der Waals surface area (Å²) in [5, 5.41) is 5.82. The van der Waals surface area contributed by atoms with Crippen LogP contribution in [0.3, 0.4) is 0 Å². The van der Waals surface area contributed by atoms with E-state index in [0.29, 0.717) is 5.92 Å². The smallest absolute Gasteiger partial charge is 0.319 e. The first kappa shape index (κ1) is 13.9. The minimum Gasteiger partial charge on any atom is -0.381 e. The summed E-state index contributed by atoms with van der Waals surface area (Å²) < 4.78 is 5.30. The lowest BCUT2D eigenvalue weighted by Gasteiger charge is -2.22. The van der Waals surface area contributed by atoms with Crippen LogP contribution in [0, 0.1) is 19.8 Å². The second-order valence-corrected chi connectivity index (χ2v) is 5.27. The van der Waals surface area contributed by atoms with Gasteiger partial charge in [-0.2, -0.15) is 0 Å². The Balaban J connectivity index is 1.80. The minimum absolute atomic E-state index is 0.128. The molecule has 0 bridgehead atoms. The van der Waals surface area contributed by atoms with Crippen molar-refractivity contribution in [3.05, 3.63) is 29.3 Å². The molecule has 1 aliphatic rings. The van der Waals surface area contributed by atoms with E-state index in [1.165, 1.54) is 0 Å². The van der Waals surface area contributed by atoms with Crippen LogP contribution in [0.25, 0.3) is 0 Å². The Bertz CT molecular complexity index is 420. The zero-order chi connectivity index (χ0) is 13.7. The summed E-state index contributed by atoms with van der Waals surface area (Å²) in [6.45, 7) is 6.40. The van der Waals surface area contributed by atoms with Gasteiger partial charge in [0, 0.05) is 25.4 Å². The van der Waals surface area contributed by atoms with Crippen molar-refractivity contribution in [2.75, 3.05) is 25.1 Å². The summed E-state index contributed by atoms with van der Waals surface area (Å²) in [6.07, 6.45) is 2.06. The van der Waals surface area contributed by atoms with E-state index in [2.05, 4.69) is 16.7 Å². The van der Waals surface area contributed by atoms with Gasteiger partial charge in [0.25, 0.3) is 0 Å². The summed E-state index contributed by atoms with van der Waals surface area (Å²) >= 11 is 0. The number of nitrogens with one attached hydrogen (secondary N) is 2. The highest BCUT2D eigenvalue weighted by Gasteiger charge is 2.14. The summed E-state index contributed by atoms with van der Waals surface area (Å²) in [4.78, 5) is 11.8. The number of urea groups is 1. The van der Waals surface area contributed by atoms with E-state index in [-0.39, 0.29) is 6.03 Å². The van der Waals surface area contributed by atoms with Gasteiger partial charge in [-0.15, -0.1) is 0 Å². The molecule has 19 heavy (non-hydrogen) atoms. The van der Waals surface area contributed by atoms with Gasteiger partial charge in [-0.3, -0.25) is 0 Å². The first-order valence-corrected chi connectivity index (χ1v) is 6.84. The molecule has 2 amide bonds. The number of amides is 2. The van der Waals surface area contributed by atoms with Gasteiger partial charge >= 0.3 is 6.03 Å². The van der Waals surface area contributed by atoms with Crippen molar-refractivity contribution in [1.82, 2.24) is 5.32 Å². The second-order valence-electron chi connectivity index (χ2n) is 5.27. The van der Waals surface area contributed by atoms with Crippen molar-refractivity contribution in [2.45, 2.75) is 26.7 Å². The molecule has 4 nitrogen and oxygen atoms in total. The number of aryl methyl sites for hydroxylation is 2.